The molecule has 3 N–H and O–H groups in total. The van der Waals surface area contributed by atoms with E-state index in [1.165, 1.54) is 12.3 Å². The number of thiazole rings is 1. The third-order valence-corrected chi connectivity index (χ3v) is 6.15. The first kappa shape index (κ1) is 24.6. The number of rotatable bonds is 10. The van der Waals surface area contributed by atoms with E-state index in [-0.39, 0.29) is 29.6 Å². The van der Waals surface area contributed by atoms with Crippen LogP contribution >= 0.6 is 11.3 Å². The maximum absolute atomic E-state index is 13.3. The van der Waals surface area contributed by atoms with E-state index in [0.717, 1.165) is 16.4 Å². The highest BCUT2D eigenvalue weighted by atomic mass is 32.1. The number of oxime groups is 1. The second-order valence-corrected chi connectivity index (χ2v) is 9.44. The maximum atomic E-state index is 13.3. The van der Waals surface area contributed by atoms with Gasteiger partial charge in [0.05, 0.1) is 24.3 Å². The summed E-state index contributed by atoms with van der Waals surface area (Å²) in [6.07, 6.45) is -2.58. The van der Waals surface area contributed by atoms with Crippen molar-refractivity contribution in [2.75, 3.05) is 12.3 Å². The molecular weight excluding hydrogens is 466 g/mol. The second kappa shape index (κ2) is 8.41. The Bertz CT molecular complexity index is 1030. The number of hydroxylamine groups is 2. The molecule has 1 amide bonds. The van der Waals surface area contributed by atoms with Crippen molar-refractivity contribution in [3.63, 3.8) is 0 Å². The summed E-state index contributed by atoms with van der Waals surface area (Å²) >= 11 is 0.973. The van der Waals surface area contributed by atoms with Gasteiger partial charge in [-0.1, -0.05) is 5.16 Å². The van der Waals surface area contributed by atoms with Crippen LogP contribution in [0.4, 0.5) is 13.9 Å². The van der Waals surface area contributed by atoms with Crippen molar-refractivity contribution in [2.45, 2.75) is 57.1 Å². The van der Waals surface area contributed by atoms with Crippen LogP contribution in [0.1, 0.15) is 45.7 Å². The topological polar surface area (TPSA) is 161 Å². The number of carboxylic acids is 1. The molecule has 14 heteroatoms. The lowest BCUT2D eigenvalue weighted by molar-refractivity contribution is -0.264. The molecule has 0 unspecified atom stereocenters. The second-order valence-electron chi connectivity index (χ2n) is 8.55. The number of aliphatic carboxylic acids is 1. The van der Waals surface area contributed by atoms with Crippen molar-refractivity contribution in [1.82, 2.24) is 10.0 Å². The van der Waals surface area contributed by atoms with Gasteiger partial charge in [0.1, 0.15) is 12.3 Å². The summed E-state index contributed by atoms with van der Waals surface area (Å²) in [5.41, 5.74) is 1.91. The molecule has 11 nitrogen and oxygen atoms in total. The molecule has 0 bridgehead atoms. The number of carbonyl (C=O) groups excluding carboxylic acids is 3. The molecule has 1 atom stereocenters. The molecule has 0 radical (unpaired) electrons. The number of nitrogen functional groups attached to an aromatic ring is 1. The van der Waals surface area contributed by atoms with E-state index in [2.05, 4.69) is 10.1 Å². The number of β-lactam (4-membered cyclic amide) rings is 1. The Labute approximate surface area is 190 Å². The third-order valence-electron chi connectivity index (χ3n) is 5.48. The van der Waals surface area contributed by atoms with Crippen molar-refractivity contribution >= 4 is 45.6 Å². The standard InChI is InChI=1S/C19H22F2N4O7S/c1-9(26)5-31-25-14(28)10(17(25,2)3)4-12(27)13(11-6-33-16(22)23-11)24-32-18(15(29)30)7-19(20,21)8-18/h6,10H,4-5,7-8H2,1-3H3,(H2,22,23)(H,29,30)/b24-13-/t10-/m1/s1. The normalized spacial score (nSPS) is 22.8. The Morgan fingerprint density at radius 1 is 1.36 bits per heavy atom. The van der Waals surface area contributed by atoms with Crippen LogP contribution in [-0.2, 0) is 28.9 Å². The number of amides is 1. The monoisotopic (exact) mass is 488 g/mol. The van der Waals surface area contributed by atoms with Crippen LogP contribution in [0.2, 0.25) is 0 Å². The Morgan fingerprint density at radius 2 is 2.00 bits per heavy atom. The van der Waals surface area contributed by atoms with Crippen molar-refractivity contribution in [1.29, 1.82) is 0 Å². The minimum absolute atomic E-state index is 0.0385. The van der Waals surface area contributed by atoms with Gasteiger partial charge in [-0.2, -0.15) is 0 Å². The molecule has 1 saturated heterocycles. The Morgan fingerprint density at radius 3 is 2.45 bits per heavy atom. The first-order valence-corrected chi connectivity index (χ1v) is 10.6. The van der Waals surface area contributed by atoms with Gasteiger partial charge in [-0.25, -0.2) is 23.6 Å². The first-order chi connectivity index (χ1) is 15.2. The summed E-state index contributed by atoms with van der Waals surface area (Å²) in [7, 11) is 0. The summed E-state index contributed by atoms with van der Waals surface area (Å²) in [6.45, 7) is 4.26. The van der Waals surface area contributed by atoms with E-state index < -0.39 is 59.2 Å². The molecule has 1 aliphatic heterocycles. The minimum atomic E-state index is -3.23. The van der Waals surface area contributed by atoms with E-state index in [1.807, 2.05) is 0 Å². The number of carboxylic acid groups (broad SMARTS) is 1. The number of ketones is 2. The van der Waals surface area contributed by atoms with Gasteiger partial charge in [0.25, 0.3) is 11.8 Å². The molecule has 2 fully saturated rings. The van der Waals surface area contributed by atoms with Gasteiger partial charge in [0, 0.05) is 11.8 Å². The van der Waals surface area contributed by atoms with E-state index in [9.17, 15) is 33.1 Å². The lowest BCUT2D eigenvalue weighted by atomic mass is 9.74. The zero-order valence-electron chi connectivity index (χ0n) is 18.0. The Kier molecular flexibility index (Phi) is 6.28. The number of hydrogen-bond acceptors (Lipinski definition) is 10. The zero-order valence-corrected chi connectivity index (χ0v) is 18.8. The van der Waals surface area contributed by atoms with E-state index in [0.29, 0.717) is 0 Å². The molecule has 2 heterocycles. The van der Waals surface area contributed by atoms with Crippen LogP contribution < -0.4 is 5.73 Å². The fourth-order valence-electron chi connectivity index (χ4n) is 3.62. The smallest absolute Gasteiger partial charge is 0.351 e. The average molecular weight is 488 g/mol. The van der Waals surface area contributed by atoms with Gasteiger partial charge in [0.15, 0.2) is 22.4 Å². The molecule has 1 aromatic rings. The summed E-state index contributed by atoms with van der Waals surface area (Å²) in [6, 6.07) is 0. The molecule has 3 rings (SSSR count). The van der Waals surface area contributed by atoms with Crippen LogP contribution in [0, 0.1) is 5.92 Å². The lowest BCUT2D eigenvalue weighted by Crippen LogP contribution is -2.68. The molecular formula is C19H22F2N4O7S. The van der Waals surface area contributed by atoms with Crippen molar-refractivity contribution < 1.29 is 42.7 Å². The van der Waals surface area contributed by atoms with Gasteiger partial charge in [-0.3, -0.25) is 19.2 Å². The Balaban J connectivity index is 1.80. The van der Waals surface area contributed by atoms with Crippen molar-refractivity contribution in [2.24, 2.45) is 11.1 Å². The molecule has 0 spiro atoms. The quantitative estimate of drug-likeness (QED) is 0.282. The van der Waals surface area contributed by atoms with Crippen LogP contribution in [0.15, 0.2) is 10.5 Å². The predicted octanol–water partition coefficient (Wildman–Crippen LogP) is 1.42. The zero-order chi connectivity index (χ0) is 24.8. The number of hydrogen-bond donors (Lipinski definition) is 2. The SMILES string of the molecule is CC(=O)CON1C(=O)[C@@H](CC(=O)/C(=N\OC2(C(=O)O)CC(F)(F)C2)c2csc(N)n2)C1(C)C. The number of anilines is 1. The van der Waals surface area contributed by atoms with Crippen LogP contribution in [0.25, 0.3) is 0 Å². The van der Waals surface area contributed by atoms with Crippen LogP contribution in [0.3, 0.4) is 0 Å². The van der Waals surface area contributed by atoms with Crippen LogP contribution in [-0.4, -0.2) is 68.0 Å². The highest BCUT2D eigenvalue weighted by Crippen LogP contribution is 2.48. The van der Waals surface area contributed by atoms with Gasteiger partial charge in [0.2, 0.25) is 5.60 Å². The minimum Gasteiger partial charge on any atom is -0.478 e. The van der Waals surface area contributed by atoms with E-state index >= 15 is 0 Å². The fourth-order valence-corrected chi connectivity index (χ4v) is 4.16. The average Bonchev–Trinajstić information content (AvgIpc) is 3.09. The van der Waals surface area contributed by atoms with Crippen LogP contribution in [0.5, 0.6) is 0 Å². The number of nitrogens with two attached hydrogens (primary N) is 1. The summed E-state index contributed by atoms with van der Waals surface area (Å²) in [5, 5.41) is 15.4. The number of aromatic nitrogens is 1. The summed E-state index contributed by atoms with van der Waals surface area (Å²) in [5.74, 6) is -7.28. The maximum Gasteiger partial charge on any atom is 0.351 e. The van der Waals surface area contributed by atoms with Gasteiger partial charge < -0.3 is 15.7 Å². The number of alkyl halides is 2. The molecule has 2 aliphatic rings. The van der Waals surface area contributed by atoms with Gasteiger partial charge in [-0.05, 0) is 20.8 Å². The van der Waals surface area contributed by atoms with Crippen molar-refractivity contribution in [3.05, 3.63) is 11.1 Å². The largest absolute Gasteiger partial charge is 0.478 e. The molecule has 180 valence electrons. The fraction of sp³-hybridized carbons (Fsp3) is 0.579. The number of nitrogens with zero attached hydrogens (tertiary/aromatic N) is 3. The van der Waals surface area contributed by atoms with Gasteiger partial charge >= 0.3 is 5.97 Å². The molecule has 33 heavy (non-hydrogen) atoms. The third kappa shape index (κ3) is 4.71. The summed E-state index contributed by atoms with van der Waals surface area (Å²) in [4.78, 5) is 62.2. The highest BCUT2D eigenvalue weighted by Gasteiger charge is 2.65. The van der Waals surface area contributed by atoms with Crippen molar-refractivity contribution in [3.8, 4) is 0 Å². The number of Topliss-reactive ketones (excluding diaryl/α,β-unsaturated/α-hetero) is 2. The van der Waals surface area contributed by atoms with E-state index in [1.54, 1.807) is 13.8 Å². The highest BCUT2D eigenvalue weighted by molar-refractivity contribution is 7.13. The van der Waals surface area contributed by atoms with Gasteiger partial charge in [-0.15, -0.1) is 11.3 Å². The Hall–Kier alpha value is -3.00. The summed E-state index contributed by atoms with van der Waals surface area (Å²) < 4.78 is 26.7. The predicted molar refractivity (Wildman–Crippen MR) is 109 cm³/mol. The first-order valence-electron chi connectivity index (χ1n) is 9.77. The molecule has 1 aliphatic carbocycles. The van der Waals surface area contributed by atoms with E-state index in [4.69, 9.17) is 15.4 Å². The molecule has 1 aromatic heterocycles. The number of halogens is 2. The lowest BCUT2D eigenvalue weighted by Gasteiger charge is -2.52. The molecule has 0 aromatic carbocycles. The number of carbonyl (C=O) groups is 4. The molecule has 1 saturated carbocycles.